The van der Waals surface area contributed by atoms with Crippen LogP contribution in [0, 0.1) is 0 Å². The fraction of sp³-hybridized carbons (Fsp3) is 0.381. The lowest BCUT2D eigenvalue weighted by Gasteiger charge is -2.39. The molecule has 1 aliphatic heterocycles. The molecule has 178 valence electrons. The summed E-state index contributed by atoms with van der Waals surface area (Å²) in [6, 6.07) is 3.70. The number of aliphatic hydroxyl groups is 4. The third-order valence-electron chi connectivity index (χ3n) is 5.44. The van der Waals surface area contributed by atoms with E-state index in [9.17, 15) is 35.4 Å². The van der Waals surface area contributed by atoms with Crippen LogP contribution in [-0.4, -0.2) is 82.2 Å². The molecule has 33 heavy (non-hydrogen) atoms. The summed E-state index contributed by atoms with van der Waals surface area (Å²) in [5.74, 6) is -1.45. The number of phenolic OH excluding ortho intramolecular Hbond substituents is 2. The molecule has 2 aromatic carbocycles. The van der Waals surface area contributed by atoms with Gasteiger partial charge in [0.2, 0.25) is 23.2 Å². The lowest BCUT2D eigenvalue weighted by atomic mass is 9.99. The normalized spacial score (nSPS) is 25.3. The minimum atomic E-state index is -1.76. The number of fused-ring (bicyclic) bond motifs is 2. The van der Waals surface area contributed by atoms with Gasteiger partial charge in [0.1, 0.15) is 46.9 Å². The number of aliphatic hydroxyl groups excluding tert-OH is 4. The Balaban J connectivity index is 1.87. The molecular weight excluding hydrogens is 444 g/mol. The van der Waals surface area contributed by atoms with E-state index in [1.807, 2.05) is 0 Å². The van der Waals surface area contributed by atoms with Crippen LogP contribution in [0.5, 0.6) is 28.7 Å². The van der Waals surface area contributed by atoms with Gasteiger partial charge >= 0.3 is 0 Å². The van der Waals surface area contributed by atoms with Crippen molar-refractivity contribution in [1.82, 2.24) is 0 Å². The van der Waals surface area contributed by atoms with Gasteiger partial charge in [0.05, 0.1) is 26.2 Å². The smallest absolute Gasteiger partial charge is 0.229 e. The molecule has 3 aromatic rings. The number of hydrogen-bond donors (Lipinski definition) is 6. The van der Waals surface area contributed by atoms with E-state index < -0.39 is 54.2 Å². The second kappa shape index (κ2) is 8.57. The summed E-state index contributed by atoms with van der Waals surface area (Å²) in [6.07, 6.45) is -7.96. The number of phenols is 2. The van der Waals surface area contributed by atoms with Gasteiger partial charge in [-0.3, -0.25) is 4.79 Å². The predicted molar refractivity (Wildman–Crippen MR) is 111 cm³/mol. The van der Waals surface area contributed by atoms with Crippen LogP contribution >= 0.6 is 0 Å². The van der Waals surface area contributed by atoms with Crippen LogP contribution in [0.15, 0.2) is 27.4 Å². The van der Waals surface area contributed by atoms with Gasteiger partial charge in [0, 0.05) is 12.1 Å². The van der Waals surface area contributed by atoms with Gasteiger partial charge < -0.3 is 54.0 Å². The monoisotopic (exact) mass is 466 g/mol. The van der Waals surface area contributed by atoms with Crippen LogP contribution in [0.2, 0.25) is 0 Å². The maximum absolute atomic E-state index is 13.1. The first-order valence-corrected chi connectivity index (χ1v) is 9.76. The Morgan fingerprint density at radius 2 is 1.73 bits per heavy atom. The average molecular weight is 466 g/mol. The van der Waals surface area contributed by atoms with Gasteiger partial charge in [-0.15, -0.1) is 0 Å². The molecule has 2 heterocycles. The Hall–Kier alpha value is -3.29. The molecule has 5 atom stereocenters. The molecule has 12 nitrogen and oxygen atoms in total. The van der Waals surface area contributed by atoms with E-state index in [1.165, 1.54) is 26.4 Å². The predicted octanol–water partition coefficient (Wildman–Crippen LogP) is -0.447. The second-order valence-electron chi connectivity index (χ2n) is 7.40. The molecule has 1 saturated heterocycles. The second-order valence-corrected chi connectivity index (χ2v) is 7.40. The molecule has 12 heteroatoms. The zero-order valence-electron chi connectivity index (χ0n) is 17.5. The topological polar surface area (TPSA) is 189 Å². The molecular formula is C21H22O12. The molecule has 0 saturated carbocycles. The Morgan fingerprint density at radius 1 is 1.00 bits per heavy atom. The van der Waals surface area contributed by atoms with Crippen molar-refractivity contribution in [2.45, 2.75) is 30.7 Å². The third kappa shape index (κ3) is 3.67. The quantitative estimate of drug-likeness (QED) is 0.266. The van der Waals surface area contributed by atoms with E-state index in [2.05, 4.69) is 0 Å². The van der Waals surface area contributed by atoms with Crippen molar-refractivity contribution in [2.75, 3.05) is 20.8 Å². The van der Waals surface area contributed by atoms with Crippen molar-refractivity contribution in [2.24, 2.45) is 0 Å². The van der Waals surface area contributed by atoms with Gasteiger partial charge in [0.25, 0.3) is 0 Å². The van der Waals surface area contributed by atoms with E-state index in [-0.39, 0.29) is 39.2 Å². The zero-order valence-corrected chi connectivity index (χ0v) is 17.5. The van der Waals surface area contributed by atoms with E-state index in [1.54, 1.807) is 0 Å². The highest BCUT2D eigenvalue weighted by Gasteiger charge is 2.45. The average Bonchev–Trinajstić information content (AvgIpc) is 2.80. The molecule has 0 radical (unpaired) electrons. The van der Waals surface area contributed by atoms with Crippen LogP contribution in [0.3, 0.4) is 0 Å². The summed E-state index contributed by atoms with van der Waals surface area (Å²) in [4.78, 5) is 13.1. The lowest BCUT2D eigenvalue weighted by Crippen LogP contribution is -2.60. The Labute approximate surface area is 185 Å². The number of hydrogen-bond acceptors (Lipinski definition) is 12. The molecule has 4 rings (SSSR count). The van der Waals surface area contributed by atoms with Gasteiger partial charge in [0.15, 0.2) is 11.3 Å². The van der Waals surface area contributed by atoms with E-state index in [4.69, 9.17) is 23.4 Å². The van der Waals surface area contributed by atoms with Crippen molar-refractivity contribution < 1.29 is 54.0 Å². The highest BCUT2D eigenvalue weighted by atomic mass is 16.7. The fourth-order valence-electron chi connectivity index (χ4n) is 3.69. The summed E-state index contributed by atoms with van der Waals surface area (Å²) < 4.78 is 26.7. The van der Waals surface area contributed by atoms with Crippen LogP contribution in [0.25, 0.3) is 21.9 Å². The molecule has 0 bridgehead atoms. The molecule has 0 spiro atoms. The summed E-state index contributed by atoms with van der Waals surface area (Å²) in [7, 11) is 2.58. The fourth-order valence-corrected chi connectivity index (χ4v) is 3.69. The van der Waals surface area contributed by atoms with Gasteiger partial charge in [-0.05, 0) is 6.07 Å². The SMILES string of the molecule is COc1cc(O)c2c(=O)c3cc(OC4OC(CO)C(O)C(O)C4O)c(O)c(OC)c3oc2c1. The first-order chi connectivity index (χ1) is 15.7. The Bertz CT molecular complexity index is 1250. The summed E-state index contributed by atoms with van der Waals surface area (Å²) in [5, 5.41) is 60.1. The van der Waals surface area contributed by atoms with Crippen molar-refractivity contribution in [1.29, 1.82) is 0 Å². The molecule has 0 aliphatic carbocycles. The lowest BCUT2D eigenvalue weighted by molar-refractivity contribution is -0.277. The highest BCUT2D eigenvalue weighted by Crippen LogP contribution is 2.44. The zero-order chi connectivity index (χ0) is 24.0. The van der Waals surface area contributed by atoms with E-state index in [0.717, 1.165) is 6.07 Å². The number of rotatable bonds is 5. The number of aromatic hydroxyl groups is 2. The Morgan fingerprint density at radius 3 is 2.36 bits per heavy atom. The van der Waals surface area contributed by atoms with Crippen molar-refractivity contribution >= 4 is 21.9 Å². The standard InChI is InChI=1S/C21H22O12/c1-29-7-3-9(23)13-10(4-7)31-19-8(14(13)24)5-11(16(26)20(19)30-2)32-21-18(28)17(27)15(25)12(6-22)33-21/h3-5,12,15,17-18,21-23,25-28H,6H2,1-2H3. The van der Waals surface area contributed by atoms with E-state index >= 15 is 0 Å². The van der Waals surface area contributed by atoms with Gasteiger partial charge in [-0.1, -0.05) is 0 Å². The number of benzene rings is 2. The largest absolute Gasteiger partial charge is 0.507 e. The third-order valence-corrected chi connectivity index (χ3v) is 5.44. The number of methoxy groups -OCH3 is 2. The maximum atomic E-state index is 13.1. The molecule has 6 N–H and O–H groups in total. The minimum absolute atomic E-state index is 0.0235. The van der Waals surface area contributed by atoms with Crippen LogP contribution in [0.1, 0.15) is 0 Å². The molecule has 5 unspecified atom stereocenters. The van der Waals surface area contributed by atoms with Crippen LogP contribution < -0.4 is 19.6 Å². The van der Waals surface area contributed by atoms with Gasteiger partial charge in [-0.2, -0.15) is 0 Å². The first kappa shape index (κ1) is 22.9. The Kier molecular flexibility index (Phi) is 5.95. The van der Waals surface area contributed by atoms with Crippen LogP contribution in [-0.2, 0) is 4.74 Å². The maximum Gasteiger partial charge on any atom is 0.229 e. The number of ether oxygens (including phenoxy) is 4. The molecule has 1 aromatic heterocycles. The summed E-state index contributed by atoms with van der Waals surface area (Å²) in [5.41, 5.74) is -0.852. The summed E-state index contributed by atoms with van der Waals surface area (Å²) in [6.45, 7) is -0.684. The summed E-state index contributed by atoms with van der Waals surface area (Å²) >= 11 is 0. The minimum Gasteiger partial charge on any atom is -0.507 e. The van der Waals surface area contributed by atoms with Crippen molar-refractivity contribution in [3.63, 3.8) is 0 Å². The molecule has 1 aliphatic rings. The van der Waals surface area contributed by atoms with Crippen molar-refractivity contribution in [3.8, 4) is 28.7 Å². The first-order valence-electron chi connectivity index (χ1n) is 9.76. The van der Waals surface area contributed by atoms with Gasteiger partial charge in [-0.25, -0.2) is 0 Å². The highest BCUT2D eigenvalue weighted by molar-refractivity contribution is 5.97. The molecule has 0 amide bonds. The van der Waals surface area contributed by atoms with Crippen molar-refractivity contribution in [3.05, 3.63) is 28.4 Å². The van der Waals surface area contributed by atoms with Crippen LogP contribution in [0.4, 0.5) is 0 Å². The van der Waals surface area contributed by atoms with E-state index in [0.29, 0.717) is 0 Å². The molecule has 1 fully saturated rings.